The van der Waals surface area contributed by atoms with Crippen LogP contribution in [0.4, 0.5) is 5.69 Å². The number of nitrogens with zero attached hydrogens (tertiary/aromatic N) is 1. The normalized spacial score (nSPS) is 20.8. The summed E-state index contributed by atoms with van der Waals surface area (Å²) < 4.78 is 5.10. The summed E-state index contributed by atoms with van der Waals surface area (Å²) >= 11 is 0. The molecule has 5 heteroatoms. The first kappa shape index (κ1) is 20.9. The molecule has 1 aliphatic carbocycles. The van der Waals surface area contributed by atoms with E-state index in [2.05, 4.69) is 17.4 Å². The average molecular weight is 417 g/mol. The van der Waals surface area contributed by atoms with Crippen LogP contribution in [0, 0.1) is 0 Å². The zero-order valence-electron chi connectivity index (χ0n) is 18.4. The minimum absolute atomic E-state index is 0.0817. The number of hydrogen-bond acceptors (Lipinski definition) is 5. The number of benzene rings is 2. The minimum Gasteiger partial charge on any atom is -0.466 e. The Balaban J connectivity index is 1.80. The third-order valence-corrected chi connectivity index (χ3v) is 6.25. The molecule has 0 unspecified atom stereocenters. The van der Waals surface area contributed by atoms with Crippen LogP contribution in [0.15, 0.2) is 77.1 Å². The highest BCUT2D eigenvalue weighted by atomic mass is 16.5. The third kappa shape index (κ3) is 3.88. The van der Waals surface area contributed by atoms with Gasteiger partial charge in [0.05, 0.1) is 12.7 Å². The number of allylic oxidation sites excluding steroid dienone is 3. The summed E-state index contributed by atoms with van der Waals surface area (Å²) in [6.45, 7) is 1.88. The van der Waals surface area contributed by atoms with Gasteiger partial charge in [-0.25, -0.2) is 4.79 Å². The van der Waals surface area contributed by atoms with E-state index in [0.29, 0.717) is 17.6 Å². The van der Waals surface area contributed by atoms with E-state index < -0.39 is 11.9 Å². The van der Waals surface area contributed by atoms with Gasteiger partial charge >= 0.3 is 5.97 Å². The van der Waals surface area contributed by atoms with Crippen LogP contribution in [0.25, 0.3) is 0 Å². The summed E-state index contributed by atoms with van der Waals surface area (Å²) in [5.41, 5.74) is 6.00. The maximum absolute atomic E-state index is 13.5. The Labute approximate surface area is 183 Å². The number of carbonyl (C=O) groups is 2. The third-order valence-electron chi connectivity index (χ3n) is 6.25. The maximum atomic E-state index is 13.5. The van der Waals surface area contributed by atoms with Gasteiger partial charge in [0.2, 0.25) is 0 Å². The number of hydrogen-bond donors (Lipinski definition) is 1. The number of nitrogens with one attached hydrogen (secondary N) is 1. The van der Waals surface area contributed by atoms with Crippen LogP contribution in [0.1, 0.15) is 42.7 Å². The Morgan fingerprint density at radius 3 is 2.29 bits per heavy atom. The Bertz CT molecular complexity index is 1070. The summed E-state index contributed by atoms with van der Waals surface area (Å²) in [5.74, 6) is -0.622. The van der Waals surface area contributed by atoms with Gasteiger partial charge in [0.25, 0.3) is 0 Å². The van der Waals surface area contributed by atoms with Gasteiger partial charge in [-0.15, -0.1) is 0 Å². The highest BCUT2D eigenvalue weighted by molar-refractivity contribution is 6.04. The topological polar surface area (TPSA) is 58.6 Å². The van der Waals surface area contributed by atoms with E-state index in [1.807, 2.05) is 68.4 Å². The number of Topliss-reactive ketones (excluding diaryl/α,β-unsaturated/α-hetero) is 1. The quantitative estimate of drug-likeness (QED) is 0.754. The zero-order chi connectivity index (χ0) is 22.1. The number of carbonyl (C=O) groups excluding carboxylic acids is 2. The molecule has 0 amide bonds. The first-order chi connectivity index (χ1) is 14.9. The summed E-state index contributed by atoms with van der Waals surface area (Å²) in [6.07, 6.45) is 1.17. The molecule has 4 rings (SSSR count). The minimum atomic E-state index is -0.427. The molecule has 0 fully saturated rings. The van der Waals surface area contributed by atoms with Crippen molar-refractivity contribution in [1.82, 2.24) is 5.32 Å². The molecular formula is C26H28N2O3. The molecule has 31 heavy (non-hydrogen) atoms. The van der Waals surface area contributed by atoms with Crippen LogP contribution in [0.5, 0.6) is 0 Å². The summed E-state index contributed by atoms with van der Waals surface area (Å²) in [5, 5.41) is 3.37. The fourth-order valence-corrected chi connectivity index (χ4v) is 4.68. The first-order valence-electron chi connectivity index (χ1n) is 10.5. The second-order valence-electron chi connectivity index (χ2n) is 8.41. The number of rotatable bonds is 4. The lowest BCUT2D eigenvalue weighted by atomic mass is 9.71. The molecule has 2 aromatic carbocycles. The van der Waals surface area contributed by atoms with Crippen LogP contribution in [-0.2, 0) is 14.3 Å². The molecule has 0 saturated heterocycles. The van der Waals surface area contributed by atoms with Crippen LogP contribution in [-0.4, -0.2) is 33.0 Å². The van der Waals surface area contributed by atoms with Crippen LogP contribution in [0.3, 0.4) is 0 Å². The Kier molecular flexibility index (Phi) is 5.68. The molecular weight excluding hydrogens is 388 g/mol. The smallest absolute Gasteiger partial charge is 0.336 e. The van der Waals surface area contributed by atoms with Crippen molar-refractivity contribution in [2.75, 3.05) is 26.1 Å². The van der Waals surface area contributed by atoms with Crippen molar-refractivity contribution in [3.8, 4) is 0 Å². The van der Waals surface area contributed by atoms with E-state index in [9.17, 15) is 9.59 Å². The molecule has 2 aliphatic rings. The standard InChI is InChI=1S/C26H28N2O3/c1-16-23(26(30)31-4)24(18-10-12-20(13-11-18)28(2)3)25-21(27-16)14-19(15-22(25)29)17-8-6-5-7-9-17/h5-13,19,24,27H,14-15H2,1-4H3/t19-,24+/m1/s1. The molecule has 160 valence electrons. The van der Waals surface area contributed by atoms with Crippen molar-refractivity contribution in [2.45, 2.75) is 31.6 Å². The predicted octanol–water partition coefficient (Wildman–Crippen LogP) is 4.29. The van der Waals surface area contributed by atoms with E-state index >= 15 is 0 Å². The number of dihydropyridines is 1. The van der Waals surface area contributed by atoms with Crippen molar-refractivity contribution in [3.63, 3.8) is 0 Å². The molecule has 1 heterocycles. The number of methoxy groups -OCH3 is 1. The molecule has 5 nitrogen and oxygen atoms in total. The Hall–Kier alpha value is -3.34. The summed E-state index contributed by atoms with van der Waals surface area (Å²) in [7, 11) is 5.35. The van der Waals surface area contributed by atoms with E-state index in [1.54, 1.807) is 0 Å². The van der Waals surface area contributed by atoms with E-state index in [-0.39, 0.29) is 11.7 Å². The van der Waals surface area contributed by atoms with E-state index in [0.717, 1.165) is 34.6 Å². The predicted molar refractivity (Wildman–Crippen MR) is 122 cm³/mol. The molecule has 0 spiro atoms. The van der Waals surface area contributed by atoms with Crippen molar-refractivity contribution >= 4 is 17.4 Å². The molecule has 1 N–H and O–H groups in total. The molecule has 0 aromatic heterocycles. The van der Waals surface area contributed by atoms with E-state index in [4.69, 9.17) is 4.74 Å². The molecule has 0 saturated carbocycles. The largest absolute Gasteiger partial charge is 0.466 e. The average Bonchev–Trinajstić information content (AvgIpc) is 2.78. The van der Waals surface area contributed by atoms with Gasteiger partial charge in [-0.05, 0) is 42.5 Å². The van der Waals surface area contributed by atoms with Crippen molar-refractivity contribution in [3.05, 3.63) is 88.3 Å². The zero-order valence-corrected chi connectivity index (χ0v) is 18.4. The lowest BCUT2D eigenvalue weighted by molar-refractivity contribution is -0.136. The van der Waals surface area contributed by atoms with Crippen LogP contribution >= 0.6 is 0 Å². The number of ether oxygens (including phenoxy) is 1. The molecule has 0 radical (unpaired) electrons. The van der Waals surface area contributed by atoms with Gasteiger partial charge < -0.3 is 15.0 Å². The molecule has 1 aliphatic heterocycles. The van der Waals surface area contributed by atoms with Crippen molar-refractivity contribution in [2.24, 2.45) is 0 Å². The van der Waals surface area contributed by atoms with Crippen LogP contribution < -0.4 is 10.2 Å². The molecule has 0 bridgehead atoms. The fourth-order valence-electron chi connectivity index (χ4n) is 4.68. The van der Waals surface area contributed by atoms with Gasteiger partial charge in [0, 0.05) is 49.1 Å². The second-order valence-corrected chi connectivity index (χ2v) is 8.41. The van der Waals surface area contributed by atoms with Gasteiger partial charge in [0.15, 0.2) is 5.78 Å². The Morgan fingerprint density at radius 2 is 1.68 bits per heavy atom. The maximum Gasteiger partial charge on any atom is 0.336 e. The number of ketones is 1. The molecule has 2 atom stereocenters. The first-order valence-corrected chi connectivity index (χ1v) is 10.5. The SMILES string of the molecule is COC(=O)C1=C(C)NC2=C(C(=O)C[C@H](c3ccccc3)C2)[C@H]1c1ccc(N(C)C)cc1. The second kappa shape index (κ2) is 8.42. The summed E-state index contributed by atoms with van der Waals surface area (Å²) in [4.78, 5) is 28.2. The number of esters is 1. The highest BCUT2D eigenvalue weighted by Crippen LogP contribution is 2.45. The highest BCUT2D eigenvalue weighted by Gasteiger charge is 2.41. The van der Waals surface area contributed by atoms with Crippen LogP contribution in [0.2, 0.25) is 0 Å². The van der Waals surface area contributed by atoms with Gasteiger partial charge in [0.1, 0.15) is 0 Å². The number of anilines is 1. The lowest BCUT2D eigenvalue weighted by Gasteiger charge is -2.36. The monoisotopic (exact) mass is 416 g/mol. The summed E-state index contributed by atoms with van der Waals surface area (Å²) in [6, 6.07) is 18.2. The fraction of sp³-hybridized carbons (Fsp3) is 0.308. The van der Waals surface area contributed by atoms with E-state index in [1.165, 1.54) is 7.11 Å². The Morgan fingerprint density at radius 1 is 1.00 bits per heavy atom. The van der Waals surface area contributed by atoms with Crippen molar-refractivity contribution in [1.29, 1.82) is 0 Å². The molecule has 2 aromatic rings. The van der Waals surface area contributed by atoms with Gasteiger partial charge in [-0.1, -0.05) is 42.5 Å². The van der Waals surface area contributed by atoms with Gasteiger partial charge in [-0.2, -0.15) is 0 Å². The van der Waals surface area contributed by atoms with Crippen molar-refractivity contribution < 1.29 is 14.3 Å². The lowest BCUT2D eigenvalue weighted by Crippen LogP contribution is -2.36. The van der Waals surface area contributed by atoms with Gasteiger partial charge in [-0.3, -0.25) is 4.79 Å².